The van der Waals surface area contributed by atoms with Gasteiger partial charge in [0.05, 0.1) is 10.7 Å². The average molecular weight is 488 g/mol. The van der Waals surface area contributed by atoms with Crippen LogP contribution in [0.5, 0.6) is 0 Å². The van der Waals surface area contributed by atoms with Gasteiger partial charge in [-0.05, 0) is 36.8 Å². The van der Waals surface area contributed by atoms with Crippen LogP contribution in [0.25, 0.3) is 11.3 Å². The highest BCUT2D eigenvalue weighted by atomic mass is 35.5. The van der Waals surface area contributed by atoms with Crippen molar-refractivity contribution in [1.29, 1.82) is 0 Å². The van der Waals surface area contributed by atoms with Crippen molar-refractivity contribution in [2.75, 3.05) is 7.05 Å². The summed E-state index contributed by atoms with van der Waals surface area (Å²) in [6, 6.07) is 8.31. The molecule has 7 heteroatoms. The molecule has 0 aliphatic heterocycles. The van der Waals surface area contributed by atoms with Crippen LogP contribution in [0.15, 0.2) is 29.3 Å². The fourth-order valence-corrected chi connectivity index (χ4v) is 3.77. The van der Waals surface area contributed by atoms with Gasteiger partial charge in [-0.1, -0.05) is 70.0 Å². The molecule has 1 atom stereocenters. The molecule has 0 spiro atoms. The van der Waals surface area contributed by atoms with Crippen molar-refractivity contribution in [3.05, 3.63) is 51.8 Å². The summed E-state index contributed by atoms with van der Waals surface area (Å²) < 4.78 is 13.6. The number of nitrogens with zero attached hydrogens (tertiary/aromatic N) is 3. The standard InChI is InChI=1S/C27H38ClN3O3/c1-9-11-12-23(32)33-19(4)34-26(25-24(28)18(3)30-31(25)10-2)22(17-29-8)20-13-15-21(16-14-20)27(5,6)7/h13-17,19H,9-12H2,1-8H3/b26-22-,29-17-. The van der Waals surface area contributed by atoms with E-state index in [9.17, 15) is 4.79 Å². The topological polar surface area (TPSA) is 65.7 Å². The van der Waals surface area contributed by atoms with E-state index in [0.29, 0.717) is 35.1 Å². The highest BCUT2D eigenvalue weighted by Crippen LogP contribution is 2.35. The lowest BCUT2D eigenvalue weighted by atomic mass is 9.86. The fraction of sp³-hybridized carbons (Fsp3) is 0.519. The number of ether oxygens (including phenoxy) is 2. The number of hydrogen-bond donors (Lipinski definition) is 0. The Morgan fingerprint density at radius 1 is 1.21 bits per heavy atom. The van der Waals surface area contributed by atoms with Crippen LogP contribution in [-0.4, -0.2) is 35.3 Å². The molecule has 0 saturated carbocycles. The molecule has 0 amide bonds. The number of carbonyl (C=O) groups excluding carboxylic acids is 1. The number of hydrogen-bond acceptors (Lipinski definition) is 5. The van der Waals surface area contributed by atoms with Gasteiger partial charge in [0.2, 0.25) is 6.29 Å². The van der Waals surface area contributed by atoms with Gasteiger partial charge in [0.25, 0.3) is 0 Å². The van der Waals surface area contributed by atoms with Gasteiger partial charge in [-0.15, -0.1) is 0 Å². The molecule has 6 nitrogen and oxygen atoms in total. The molecule has 1 unspecified atom stereocenters. The van der Waals surface area contributed by atoms with E-state index in [-0.39, 0.29) is 11.4 Å². The lowest BCUT2D eigenvalue weighted by molar-refractivity contribution is -0.164. The van der Waals surface area contributed by atoms with Crippen LogP contribution in [0.1, 0.15) is 83.3 Å². The molecule has 0 fully saturated rings. The number of aliphatic imine (C=N–C) groups is 1. The van der Waals surface area contributed by atoms with Crippen molar-refractivity contribution in [2.45, 2.75) is 86.0 Å². The molecule has 2 rings (SSSR count). The third-order valence-corrected chi connectivity index (χ3v) is 5.90. The van der Waals surface area contributed by atoms with Crippen LogP contribution >= 0.6 is 11.6 Å². The number of aromatic nitrogens is 2. The van der Waals surface area contributed by atoms with E-state index in [4.69, 9.17) is 21.1 Å². The lowest BCUT2D eigenvalue weighted by Crippen LogP contribution is -2.19. The van der Waals surface area contributed by atoms with E-state index in [1.54, 1.807) is 24.9 Å². The molecule has 0 aliphatic rings. The maximum Gasteiger partial charge on any atom is 0.308 e. The van der Waals surface area contributed by atoms with Crippen molar-refractivity contribution in [1.82, 2.24) is 9.78 Å². The number of benzene rings is 1. The maximum absolute atomic E-state index is 12.2. The number of esters is 1. The van der Waals surface area contributed by atoms with E-state index in [2.05, 4.69) is 43.0 Å². The first kappa shape index (κ1) is 27.6. The zero-order valence-corrected chi connectivity index (χ0v) is 22.5. The second kappa shape index (κ2) is 12.2. The summed E-state index contributed by atoms with van der Waals surface area (Å²) in [6.45, 7) is 14.7. The molecule has 0 N–H and O–H groups in total. The van der Waals surface area contributed by atoms with E-state index in [1.807, 2.05) is 32.9 Å². The normalized spacial score (nSPS) is 13.7. The molecule has 1 heterocycles. The first-order chi connectivity index (χ1) is 16.0. The van der Waals surface area contributed by atoms with Crippen molar-refractivity contribution in [3.8, 4) is 0 Å². The highest BCUT2D eigenvalue weighted by molar-refractivity contribution is 6.33. The van der Waals surface area contributed by atoms with Gasteiger partial charge in [-0.2, -0.15) is 5.10 Å². The molecule has 34 heavy (non-hydrogen) atoms. The van der Waals surface area contributed by atoms with Gasteiger partial charge in [-0.25, -0.2) is 0 Å². The molecule has 1 aromatic heterocycles. The predicted octanol–water partition coefficient (Wildman–Crippen LogP) is 6.83. The SMILES string of the molecule is CCCCC(=O)OC(C)O/C(=C(/C=N\C)c1ccc(C(C)(C)C)cc1)c1c(Cl)c(C)nn1CC. The Bertz CT molecular complexity index is 1030. The van der Waals surface area contributed by atoms with Gasteiger partial charge >= 0.3 is 5.97 Å². The number of carbonyl (C=O) groups is 1. The van der Waals surface area contributed by atoms with Gasteiger partial charge in [0.15, 0.2) is 5.76 Å². The van der Waals surface area contributed by atoms with E-state index in [1.165, 1.54) is 5.56 Å². The van der Waals surface area contributed by atoms with Crippen LogP contribution in [0.2, 0.25) is 5.02 Å². The second-order valence-electron chi connectivity index (χ2n) is 9.30. The van der Waals surface area contributed by atoms with Gasteiger partial charge < -0.3 is 9.47 Å². The Balaban J connectivity index is 2.64. The van der Waals surface area contributed by atoms with Crippen LogP contribution < -0.4 is 0 Å². The van der Waals surface area contributed by atoms with Crippen molar-refractivity contribution >= 4 is 35.1 Å². The Kier molecular flexibility index (Phi) is 9.92. The number of halogens is 1. The third kappa shape index (κ3) is 6.95. The van der Waals surface area contributed by atoms with Crippen molar-refractivity contribution in [3.63, 3.8) is 0 Å². The maximum atomic E-state index is 12.2. The monoisotopic (exact) mass is 487 g/mol. The summed E-state index contributed by atoms with van der Waals surface area (Å²) in [6.07, 6.45) is 2.97. The summed E-state index contributed by atoms with van der Waals surface area (Å²) in [7, 11) is 1.71. The van der Waals surface area contributed by atoms with Crippen molar-refractivity contribution in [2.24, 2.45) is 4.99 Å². The Morgan fingerprint density at radius 2 is 1.85 bits per heavy atom. The first-order valence-corrected chi connectivity index (χ1v) is 12.3. The van der Waals surface area contributed by atoms with E-state index >= 15 is 0 Å². The zero-order chi connectivity index (χ0) is 25.5. The smallest absolute Gasteiger partial charge is 0.308 e. The minimum absolute atomic E-state index is 0.0308. The van der Waals surface area contributed by atoms with Crippen LogP contribution in [0, 0.1) is 6.92 Å². The van der Waals surface area contributed by atoms with Gasteiger partial charge in [0, 0.05) is 38.7 Å². The molecule has 2 aromatic rings. The molecule has 0 saturated heterocycles. The van der Waals surface area contributed by atoms with E-state index < -0.39 is 6.29 Å². The highest BCUT2D eigenvalue weighted by Gasteiger charge is 2.25. The Labute approximate surface area is 209 Å². The molecule has 1 aromatic carbocycles. The quantitative estimate of drug-likeness (QED) is 0.159. The van der Waals surface area contributed by atoms with Gasteiger partial charge in [0.1, 0.15) is 5.69 Å². The molecule has 0 bridgehead atoms. The second-order valence-corrected chi connectivity index (χ2v) is 9.68. The molecular weight excluding hydrogens is 450 g/mol. The summed E-state index contributed by atoms with van der Waals surface area (Å²) in [5.41, 5.74) is 4.23. The number of allylic oxidation sites excluding steroid dienone is 1. The van der Waals surface area contributed by atoms with Crippen molar-refractivity contribution < 1.29 is 14.3 Å². The lowest BCUT2D eigenvalue weighted by Gasteiger charge is -2.22. The minimum atomic E-state index is -0.815. The minimum Gasteiger partial charge on any atom is -0.452 e. The van der Waals surface area contributed by atoms with Crippen LogP contribution in [0.3, 0.4) is 0 Å². The summed E-state index contributed by atoms with van der Waals surface area (Å²) in [5, 5.41) is 5.05. The summed E-state index contributed by atoms with van der Waals surface area (Å²) in [4.78, 5) is 16.5. The Morgan fingerprint density at radius 3 is 2.38 bits per heavy atom. The predicted molar refractivity (Wildman–Crippen MR) is 140 cm³/mol. The first-order valence-electron chi connectivity index (χ1n) is 11.9. The molecule has 0 radical (unpaired) electrons. The van der Waals surface area contributed by atoms with Crippen LogP contribution in [-0.2, 0) is 26.2 Å². The molecule has 186 valence electrons. The molecule has 0 aliphatic carbocycles. The molecular formula is C27H38ClN3O3. The summed E-state index contributed by atoms with van der Waals surface area (Å²) in [5.74, 6) is 0.178. The summed E-state index contributed by atoms with van der Waals surface area (Å²) >= 11 is 6.71. The van der Waals surface area contributed by atoms with Crippen LogP contribution in [0.4, 0.5) is 0 Å². The van der Waals surface area contributed by atoms with E-state index in [0.717, 1.165) is 24.0 Å². The average Bonchev–Trinajstić information content (AvgIpc) is 3.07. The number of unbranched alkanes of at least 4 members (excludes halogenated alkanes) is 1. The number of rotatable bonds is 10. The fourth-order valence-electron chi connectivity index (χ4n) is 3.55. The number of aryl methyl sites for hydroxylation is 2. The largest absolute Gasteiger partial charge is 0.452 e. The third-order valence-electron chi connectivity index (χ3n) is 5.45. The zero-order valence-electron chi connectivity index (χ0n) is 21.7. The Hall–Kier alpha value is -2.60. The van der Waals surface area contributed by atoms with Gasteiger partial charge in [-0.3, -0.25) is 14.5 Å².